The van der Waals surface area contributed by atoms with Crippen molar-refractivity contribution < 1.29 is 9.31 Å². The molecule has 0 aliphatic carbocycles. The number of non-ortho nitro benzene ring substituents is 1. The van der Waals surface area contributed by atoms with Gasteiger partial charge in [0.05, 0.1) is 16.3 Å². The second-order valence-electron chi connectivity index (χ2n) is 4.30. The number of hydrogen-bond donors (Lipinski definition) is 2. The van der Waals surface area contributed by atoms with Crippen LogP contribution in [-0.4, -0.2) is 11.5 Å². The summed E-state index contributed by atoms with van der Waals surface area (Å²) >= 11 is 0. The van der Waals surface area contributed by atoms with Crippen molar-refractivity contribution in [3.8, 4) is 0 Å². The third-order valence-electron chi connectivity index (χ3n) is 2.91. The Balaban J connectivity index is 1.98. The molecule has 0 spiro atoms. The van der Waals surface area contributed by atoms with Crippen LogP contribution in [-0.2, 0) is 6.42 Å². The zero-order valence-corrected chi connectivity index (χ0v) is 10.7. The molecule has 0 aliphatic heterocycles. The standard InChI is InChI=1S/C14H14FN3O2/c15-12-4-2-1-3-10(12)7-8-17-14-6-5-11(18(19)20)9-13(14)16/h1-6,9,17H,7-8,16H2. The number of benzene rings is 2. The first-order valence-electron chi connectivity index (χ1n) is 6.09. The second-order valence-corrected chi connectivity index (χ2v) is 4.30. The number of nitro benzene ring substituents is 1. The zero-order chi connectivity index (χ0) is 14.5. The molecule has 0 heterocycles. The fourth-order valence-corrected chi connectivity index (χ4v) is 1.86. The molecule has 0 saturated heterocycles. The van der Waals surface area contributed by atoms with Crippen LogP contribution in [0, 0.1) is 15.9 Å². The summed E-state index contributed by atoms with van der Waals surface area (Å²) in [6.45, 7) is 0.489. The number of hydrogen-bond acceptors (Lipinski definition) is 4. The molecule has 0 aliphatic rings. The highest BCUT2D eigenvalue weighted by Gasteiger charge is 2.08. The molecular weight excluding hydrogens is 261 g/mol. The van der Waals surface area contributed by atoms with E-state index >= 15 is 0 Å². The molecule has 0 bridgehead atoms. The lowest BCUT2D eigenvalue weighted by Gasteiger charge is -2.09. The van der Waals surface area contributed by atoms with Crippen LogP contribution in [0.5, 0.6) is 0 Å². The number of nitrogen functional groups attached to an aromatic ring is 1. The SMILES string of the molecule is Nc1cc([N+](=O)[O-])ccc1NCCc1ccccc1F. The number of nitrogens with one attached hydrogen (secondary N) is 1. The average molecular weight is 275 g/mol. The monoisotopic (exact) mass is 275 g/mol. The van der Waals surface area contributed by atoms with E-state index in [2.05, 4.69) is 5.32 Å². The summed E-state index contributed by atoms with van der Waals surface area (Å²) in [5, 5.41) is 13.6. The minimum Gasteiger partial charge on any atom is -0.397 e. The fourth-order valence-electron chi connectivity index (χ4n) is 1.86. The largest absolute Gasteiger partial charge is 0.397 e. The molecule has 0 aromatic heterocycles. The van der Waals surface area contributed by atoms with Crippen molar-refractivity contribution in [3.05, 3.63) is 64.0 Å². The molecule has 0 unspecified atom stereocenters. The van der Waals surface area contributed by atoms with Gasteiger partial charge in [0.1, 0.15) is 5.82 Å². The molecule has 2 aromatic rings. The summed E-state index contributed by atoms with van der Waals surface area (Å²) in [5.74, 6) is -0.244. The maximum absolute atomic E-state index is 13.4. The van der Waals surface area contributed by atoms with Crippen LogP contribution in [0.25, 0.3) is 0 Å². The molecule has 0 fully saturated rings. The second kappa shape index (κ2) is 6.01. The molecule has 2 rings (SSSR count). The van der Waals surface area contributed by atoms with Gasteiger partial charge < -0.3 is 11.1 Å². The molecule has 0 saturated carbocycles. The number of rotatable bonds is 5. The Kier molecular flexibility index (Phi) is 4.14. The predicted molar refractivity (Wildman–Crippen MR) is 76.1 cm³/mol. The Morgan fingerprint density at radius 3 is 2.65 bits per heavy atom. The molecule has 0 amide bonds. The van der Waals surface area contributed by atoms with Gasteiger partial charge in [0.15, 0.2) is 0 Å². The Morgan fingerprint density at radius 1 is 1.25 bits per heavy atom. The van der Waals surface area contributed by atoms with E-state index in [1.807, 2.05) is 0 Å². The van der Waals surface area contributed by atoms with Gasteiger partial charge in [-0.1, -0.05) is 18.2 Å². The number of nitrogens with two attached hydrogens (primary N) is 1. The minimum absolute atomic E-state index is 0.0536. The van der Waals surface area contributed by atoms with Crippen LogP contribution >= 0.6 is 0 Å². The number of halogens is 1. The average Bonchev–Trinajstić information content (AvgIpc) is 2.42. The highest BCUT2D eigenvalue weighted by molar-refractivity contribution is 5.69. The Morgan fingerprint density at radius 2 is 2.00 bits per heavy atom. The molecule has 20 heavy (non-hydrogen) atoms. The Hall–Kier alpha value is -2.63. The van der Waals surface area contributed by atoms with Gasteiger partial charge >= 0.3 is 0 Å². The highest BCUT2D eigenvalue weighted by Crippen LogP contribution is 2.24. The zero-order valence-electron chi connectivity index (χ0n) is 10.7. The molecule has 0 radical (unpaired) electrons. The van der Waals surface area contributed by atoms with Gasteiger partial charge in [-0.25, -0.2) is 4.39 Å². The fraction of sp³-hybridized carbons (Fsp3) is 0.143. The summed E-state index contributed by atoms with van der Waals surface area (Å²) in [6.07, 6.45) is 0.503. The van der Waals surface area contributed by atoms with E-state index in [-0.39, 0.29) is 11.5 Å². The molecular formula is C14H14FN3O2. The molecule has 5 nitrogen and oxygen atoms in total. The van der Waals surface area contributed by atoms with E-state index in [0.29, 0.717) is 29.9 Å². The lowest BCUT2D eigenvalue weighted by Crippen LogP contribution is -2.08. The van der Waals surface area contributed by atoms with Crippen molar-refractivity contribution in [2.24, 2.45) is 0 Å². The van der Waals surface area contributed by atoms with Crippen LogP contribution in [0.4, 0.5) is 21.5 Å². The van der Waals surface area contributed by atoms with Crippen LogP contribution in [0.15, 0.2) is 42.5 Å². The van der Waals surface area contributed by atoms with E-state index in [1.165, 1.54) is 18.2 Å². The van der Waals surface area contributed by atoms with E-state index < -0.39 is 4.92 Å². The Labute approximate surface area is 115 Å². The third-order valence-corrected chi connectivity index (χ3v) is 2.91. The van der Waals surface area contributed by atoms with Crippen molar-refractivity contribution in [3.63, 3.8) is 0 Å². The van der Waals surface area contributed by atoms with Gasteiger partial charge in [-0.15, -0.1) is 0 Å². The van der Waals surface area contributed by atoms with Crippen molar-refractivity contribution in [1.29, 1.82) is 0 Å². The maximum atomic E-state index is 13.4. The smallest absolute Gasteiger partial charge is 0.271 e. The highest BCUT2D eigenvalue weighted by atomic mass is 19.1. The third kappa shape index (κ3) is 3.23. The Bertz CT molecular complexity index is 632. The molecule has 6 heteroatoms. The molecule has 0 atom stereocenters. The summed E-state index contributed by atoms with van der Waals surface area (Å²) in [6, 6.07) is 10.8. The first kappa shape index (κ1) is 13.8. The van der Waals surface area contributed by atoms with E-state index in [9.17, 15) is 14.5 Å². The van der Waals surface area contributed by atoms with Crippen LogP contribution in [0.1, 0.15) is 5.56 Å². The predicted octanol–water partition coefficient (Wildman–Crippen LogP) is 2.97. The van der Waals surface area contributed by atoms with E-state index in [0.717, 1.165) is 0 Å². The lowest BCUT2D eigenvalue weighted by molar-refractivity contribution is -0.384. The molecule has 2 aromatic carbocycles. The topological polar surface area (TPSA) is 81.2 Å². The number of anilines is 2. The van der Waals surface area contributed by atoms with Crippen LogP contribution in [0.3, 0.4) is 0 Å². The maximum Gasteiger partial charge on any atom is 0.271 e. The first-order chi connectivity index (χ1) is 9.58. The van der Waals surface area contributed by atoms with Crippen molar-refractivity contribution in [1.82, 2.24) is 0 Å². The first-order valence-corrected chi connectivity index (χ1v) is 6.09. The summed E-state index contributed by atoms with van der Waals surface area (Å²) < 4.78 is 13.4. The summed E-state index contributed by atoms with van der Waals surface area (Å²) in [7, 11) is 0. The van der Waals surface area contributed by atoms with Gasteiger partial charge in [0, 0.05) is 18.7 Å². The van der Waals surface area contributed by atoms with Crippen LogP contribution in [0.2, 0.25) is 0 Å². The minimum atomic E-state index is -0.501. The van der Waals surface area contributed by atoms with Crippen molar-refractivity contribution in [2.45, 2.75) is 6.42 Å². The quantitative estimate of drug-likeness (QED) is 0.499. The molecule has 3 N–H and O–H groups in total. The summed E-state index contributed by atoms with van der Waals surface area (Å²) in [4.78, 5) is 10.1. The van der Waals surface area contributed by atoms with Crippen LogP contribution < -0.4 is 11.1 Å². The van der Waals surface area contributed by atoms with Gasteiger partial charge in [0.2, 0.25) is 0 Å². The van der Waals surface area contributed by atoms with Gasteiger partial charge in [-0.05, 0) is 24.1 Å². The van der Waals surface area contributed by atoms with E-state index in [4.69, 9.17) is 5.73 Å². The normalized spacial score (nSPS) is 10.2. The van der Waals surface area contributed by atoms with E-state index in [1.54, 1.807) is 24.3 Å². The van der Waals surface area contributed by atoms with Gasteiger partial charge in [0.25, 0.3) is 5.69 Å². The van der Waals surface area contributed by atoms with Gasteiger partial charge in [-0.3, -0.25) is 10.1 Å². The molecule has 104 valence electrons. The number of nitro groups is 1. The van der Waals surface area contributed by atoms with Crippen molar-refractivity contribution in [2.75, 3.05) is 17.6 Å². The lowest BCUT2D eigenvalue weighted by atomic mass is 10.1. The van der Waals surface area contributed by atoms with Gasteiger partial charge in [-0.2, -0.15) is 0 Å². The van der Waals surface area contributed by atoms with Crippen molar-refractivity contribution >= 4 is 17.1 Å². The summed E-state index contributed by atoms with van der Waals surface area (Å²) in [5.41, 5.74) is 7.19. The number of nitrogens with zero attached hydrogens (tertiary/aromatic N) is 1.